The number of rotatable bonds is 4. The second-order valence-electron chi connectivity index (χ2n) is 6.40. The minimum atomic E-state index is -0.776. The molecule has 0 aromatic heterocycles. The van der Waals surface area contributed by atoms with E-state index in [0.29, 0.717) is 23.7 Å². The lowest BCUT2D eigenvalue weighted by atomic mass is 10.1. The van der Waals surface area contributed by atoms with Crippen molar-refractivity contribution in [3.05, 3.63) is 29.8 Å². The number of carbonyl (C=O) groups excluding carboxylic acids is 3. The normalized spacial score (nSPS) is 25.9. The molecule has 2 fully saturated rings. The number of benzene rings is 1. The number of nitrogens with one attached hydrogen (secondary N) is 1. The standard InChI is InChI=1S/C17H21N3O4/c1-10-7-13(10)16(22)19-12-4-2-3-11(8-12)17(23)20-5-6-24-14(9-20)15(18)21/h2-4,8,10,13-14H,5-7,9H2,1H3,(H2,18,21)(H,19,22). The van der Waals surface area contributed by atoms with Crippen molar-refractivity contribution >= 4 is 23.4 Å². The third-order valence-corrected chi connectivity index (χ3v) is 4.49. The molecule has 0 radical (unpaired) electrons. The number of primary amides is 1. The molecule has 0 spiro atoms. The average molecular weight is 331 g/mol. The molecule has 1 aromatic rings. The van der Waals surface area contributed by atoms with Gasteiger partial charge in [-0.15, -0.1) is 0 Å². The fraction of sp³-hybridized carbons (Fsp3) is 0.471. The number of nitrogens with zero attached hydrogens (tertiary/aromatic N) is 1. The van der Waals surface area contributed by atoms with Gasteiger partial charge in [-0.25, -0.2) is 0 Å². The highest BCUT2D eigenvalue weighted by atomic mass is 16.5. The predicted octanol–water partition coefficient (Wildman–Crippen LogP) is 0.607. The van der Waals surface area contributed by atoms with Crippen LogP contribution < -0.4 is 11.1 Å². The van der Waals surface area contributed by atoms with E-state index in [1.807, 2.05) is 6.92 Å². The number of nitrogens with two attached hydrogens (primary N) is 1. The van der Waals surface area contributed by atoms with Crippen LogP contribution in [-0.4, -0.2) is 48.4 Å². The van der Waals surface area contributed by atoms with Crippen LogP contribution in [0.3, 0.4) is 0 Å². The van der Waals surface area contributed by atoms with Gasteiger partial charge in [0.25, 0.3) is 5.91 Å². The Balaban J connectivity index is 1.67. The monoisotopic (exact) mass is 331 g/mol. The van der Waals surface area contributed by atoms with Gasteiger partial charge in [0.15, 0.2) is 6.10 Å². The predicted molar refractivity (Wildman–Crippen MR) is 87.2 cm³/mol. The van der Waals surface area contributed by atoms with E-state index in [4.69, 9.17) is 10.5 Å². The van der Waals surface area contributed by atoms with Gasteiger partial charge in [-0.2, -0.15) is 0 Å². The lowest BCUT2D eigenvalue weighted by molar-refractivity contribution is -0.133. The summed E-state index contributed by atoms with van der Waals surface area (Å²) in [6, 6.07) is 6.83. The molecule has 3 unspecified atom stereocenters. The van der Waals surface area contributed by atoms with Crippen LogP contribution in [0.1, 0.15) is 23.7 Å². The maximum Gasteiger partial charge on any atom is 0.254 e. The van der Waals surface area contributed by atoms with E-state index in [1.54, 1.807) is 29.2 Å². The molecule has 3 rings (SSSR count). The van der Waals surface area contributed by atoms with Gasteiger partial charge in [-0.05, 0) is 30.5 Å². The van der Waals surface area contributed by atoms with Crippen molar-refractivity contribution in [2.45, 2.75) is 19.4 Å². The Morgan fingerprint density at radius 3 is 2.75 bits per heavy atom. The zero-order chi connectivity index (χ0) is 17.3. The molecule has 128 valence electrons. The van der Waals surface area contributed by atoms with Crippen LogP contribution in [0, 0.1) is 11.8 Å². The molecule has 1 aromatic carbocycles. The molecule has 1 aliphatic heterocycles. The summed E-state index contributed by atoms with van der Waals surface area (Å²) in [6.45, 7) is 2.86. The smallest absolute Gasteiger partial charge is 0.254 e. The second-order valence-corrected chi connectivity index (χ2v) is 6.40. The highest BCUT2D eigenvalue weighted by Gasteiger charge is 2.39. The van der Waals surface area contributed by atoms with Crippen molar-refractivity contribution in [1.29, 1.82) is 0 Å². The van der Waals surface area contributed by atoms with Crippen molar-refractivity contribution in [1.82, 2.24) is 4.90 Å². The minimum absolute atomic E-state index is 0.00716. The molecule has 1 saturated carbocycles. The number of hydrogen-bond acceptors (Lipinski definition) is 4. The van der Waals surface area contributed by atoms with Crippen LogP contribution in [0.4, 0.5) is 5.69 Å². The fourth-order valence-electron chi connectivity index (χ4n) is 2.84. The highest BCUT2D eigenvalue weighted by Crippen LogP contribution is 2.38. The fourth-order valence-corrected chi connectivity index (χ4v) is 2.84. The van der Waals surface area contributed by atoms with E-state index in [1.165, 1.54) is 0 Å². The molecular formula is C17H21N3O4. The number of amides is 3. The Labute approximate surface area is 140 Å². The Kier molecular flexibility index (Phi) is 4.53. The van der Waals surface area contributed by atoms with Gasteiger partial charge in [0.1, 0.15) is 0 Å². The molecule has 1 aliphatic carbocycles. The van der Waals surface area contributed by atoms with E-state index in [-0.39, 0.29) is 30.9 Å². The SMILES string of the molecule is CC1CC1C(=O)Nc1cccc(C(=O)N2CCOC(C(N)=O)C2)c1. The van der Waals surface area contributed by atoms with Gasteiger partial charge in [-0.1, -0.05) is 13.0 Å². The zero-order valence-corrected chi connectivity index (χ0v) is 13.5. The van der Waals surface area contributed by atoms with Gasteiger partial charge >= 0.3 is 0 Å². The molecule has 3 atom stereocenters. The molecular weight excluding hydrogens is 310 g/mol. The number of morpholine rings is 1. The number of anilines is 1. The van der Waals surface area contributed by atoms with Crippen molar-refractivity contribution in [2.24, 2.45) is 17.6 Å². The van der Waals surface area contributed by atoms with Gasteiger partial charge in [0, 0.05) is 23.7 Å². The molecule has 1 heterocycles. The Morgan fingerprint density at radius 2 is 2.08 bits per heavy atom. The number of ether oxygens (including phenoxy) is 1. The molecule has 7 heteroatoms. The summed E-state index contributed by atoms with van der Waals surface area (Å²) in [4.78, 5) is 37.4. The summed E-state index contributed by atoms with van der Waals surface area (Å²) in [6.07, 6.45) is 0.133. The molecule has 7 nitrogen and oxygen atoms in total. The summed E-state index contributed by atoms with van der Waals surface area (Å²) < 4.78 is 5.25. The summed E-state index contributed by atoms with van der Waals surface area (Å²) in [7, 11) is 0. The van der Waals surface area contributed by atoms with Crippen LogP contribution in [0.5, 0.6) is 0 Å². The zero-order valence-electron chi connectivity index (χ0n) is 13.5. The summed E-state index contributed by atoms with van der Waals surface area (Å²) in [5.41, 5.74) is 6.30. The number of hydrogen-bond donors (Lipinski definition) is 2. The van der Waals surface area contributed by atoms with Crippen molar-refractivity contribution in [3.8, 4) is 0 Å². The quantitative estimate of drug-likeness (QED) is 0.844. The maximum absolute atomic E-state index is 12.6. The van der Waals surface area contributed by atoms with Crippen LogP contribution in [-0.2, 0) is 14.3 Å². The van der Waals surface area contributed by atoms with E-state index in [9.17, 15) is 14.4 Å². The Bertz CT molecular complexity index is 676. The van der Waals surface area contributed by atoms with E-state index >= 15 is 0 Å². The third kappa shape index (κ3) is 3.56. The summed E-state index contributed by atoms with van der Waals surface area (Å²) in [5.74, 6) is -0.298. The summed E-state index contributed by atoms with van der Waals surface area (Å²) >= 11 is 0. The minimum Gasteiger partial charge on any atom is -0.367 e. The summed E-state index contributed by atoms with van der Waals surface area (Å²) in [5, 5.41) is 2.85. The molecule has 24 heavy (non-hydrogen) atoms. The lowest BCUT2D eigenvalue weighted by Crippen LogP contribution is -2.50. The first-order valence-corrected chi connectivity index (χ1v) is 8.07. The van der Waals surface area contributed by atoms with Crippen LogP contribution in [0.2, 0.25) is 0 Å². The largest absolute Gasteiger partial charge is 0.367 e. The number of carbonyl (C=O) groups is 3. The topological polar surface area (TPSA) is 102 Å². The highest BCUT2D eigenvalue weighted by molar-refractivity contribution is 5.98. The first-order valence-electron chi connectivity index (χ1n) is 8.07. The van der Waals surface area contributed by atoms with E-state index in [2.05, 4.69) is 5.32 Å². The molecule has 2 aliphatic rings. The van der Waals surface area contributed by atoms with Crippen LogP contribution >= 0.6 is 0 Å². The Morgan fingerprint density at radius 1 is 1.33 bits per heavy atom. The van der Waals surface area contributed by atoms with Crippen LogP contribution in [0.25, 0.3) is 0 Å². The van der Waals surface area contributed by atoms with Gasteiger partial charge < -0.3 is 20.7 Å². The second kappa shape index (κ2) is 6.60. The first-order chi connectivity index (χ1) is 11.5. The Hall–Kier alpha value is -2.41. The van der Waals surface area contributed by atoms with E-state index < -0.39 is 12.0 Å². The molecule has 3 amide bonds. The molecule has 3 N–H and O–H groups in total. The van der Waals surface area contributed by atoms with Gasteiger partial charge in [-0.3, -0.25) is 14.4 Å². The molecule has 0 bridgehead atoms. The molecule has 1 saturated heterocycles. The average Bonchev–Trinajstić information content (AvgIpc) is 3.31. The van der Waals surface area contributed by atoms with Gasteiger partial charge in [0.05, 0.1) is 13.2 Å². The van der Waals surface area contributed by atoms with Gasteiger partial charge in [0.2, 0.25) is 11.8 Å². The van der Waals surface area contributed by atoms with Crippen molar-refractivity contribution < 1.29 is 19.1 Å². The maximum atomic E-state index is 12.6. The lowest BCUT2D eigenvalue weighted by Gasteiger charge is -2.31. The third-order valence-electron chi connectivity index (χ3n) is 4.49. The van der Waals surface area contributed by atoms with Crippen molar-refractivity contribution in [2.75, 3.05) is 25.0 Å². The van der Waals surface area contributed by atoms with Crippen LogP contribution in [0.15, 0.2) is 24.3 Å². The first kappa shape index (κ1) is 16.4. The van der Waals surface area contributed by atoms with E-state index in [0.717, 1.165) is 6.42 Å². The van der Waals surface area contributed by atoms with Crippen molar-refractivity contribution in [3.63, 3.8) is 0 Å².